The molecule has 0 aromatic heterocycles. The number of hydrogen-bond donors (Lipinski definition) is 1. The third-order valence-corrected chi connectivity index (χ3v) is 3.87. The van der Waals surface area contributed by atoms with Gasteiger partial charge in [-0.25, -0.2) is 0 Å². The maximum atomic E-state index is 10.3. The SMILES string of the molecule is Cc1ccc(C(O)Cc2cc(Cl)ccc2Cl)c(Cl)c1. The topological polar surface area (TPSA) is 20.2 Å². The molecule has 0 radical (unpaired) electrons. The van der Waals surface area contributed by atoms with Crippen molar-refractivity contribution in [2.45, 2.75) is 19.4 Å². The van der Waals surface area contributed by atoms with Crippen molar-refractivity contribution < 1.29 is 5.11 Å². The molecule has 0 aliphatic carbocycles. The van der Waals surface area contributed by atoms with Crippen LogP contribution in [0.4, 0.5) is 0 Å². The van der Waals surface area contributed by atoms with Crippen molar-refractivity contribution in [1.82, 2.24) is 0 Å². The Hall–Kier alpha value is -0.730. The summed E-state index contributed by atoms with van der Waals surface area (Å²) in [6, 6.07) is 10.8. The highest BCUT2D eigenvalue weighted by atomic mass is 35.5. The Kier molecular flexibility index (Phi) is 4.75. The van der Waals surface area contributed by atoms with Crippen molar-refractivity contribution in [1.29, 1.82) is 0 Å². The highest BCUT2D eigenvalue weighted by Gasteiger charge is 2.14. The van der Waals surface area contributed by atoms with Crippen LogP contribution >= 0.6 is 34.8 Å². The number of rotatable bonds is 3. The Balaban J connectivity index is 2.25. The molecule has 0 amide bonds. The Morgan fingerprint density at radius 3 is 2.42 bits per heavy atom. The van der Waals surface area contributed by atoms with Gasteiger partial charge in [-0.2, -0.15) is 0 Å². The maximum Gasteiger partial charge on any atom is 0.0845 e. The van der Waals surface area contributed by atoms with Crippen molar-refractivity contribution in [3.63, 3.8) is 0 Å². The van der Waals surface area contributed by atoms with E-state index < -0.39 is 6.10 Å². The van der Waals surface area contributed by atoms with Crippen LogP contribution in [-0.2, 0) is 6.42 Å². The van der Waals surface area contributed by atoms with Crippen LogP contribution in [0.25, 0.3) is 0 Å². The van der Waals surface area contributed by atoms with Crippen molar-refractivity contribution >= 4 is 34.8 Å². The molecule has 0 saturated carbocycles. The molecule has 2 aromatic rings. The first-order valence-corrected chi connectivity index (χ1v) is 6.99. The fourth-order valence-electron chi connectivity index (χ4n) is 1.92. The van der Waals surface area contributed by atoms with Gasteiger partial charge in [0, 0.05) is 21.5 Å². The molecule has 2 aromatic carbocycles. The summed E-state index contributed by atoms with van der Waals surface area (Å²) in [5.74, 6) is 0. The molecule has 0 aliphatic rings. The molecule has 1 atom stereocenters. The van der Waals surface area contributed by atoms with Gasteiger partial charge < -0.3 is 5.11 Å². The largest absolute Gasteiger partial charge is 0.388 e. The molecule has 0 aliphatic heterocycles. The molecule has 0 fully saturated rings. The van der Waals surface area contributed by atoms with Gasteiger partial charge in [0.2, 0.25) is 0 Å². The predicted octanol–water partition coefficient (Wildman–Crippen LogP) is 5.23. The number of benzene rings is 2. The number of aliphatic hydroxyl groups is 1. The molecule has 1 unspecified atom stereocenters. The van der Waals surface area contributed by atoms with Crippen LogP contribution in [0.15, 0.2) is 36.4 Å². The van der Waals surface area contributed by atoms with E-state index in [9.17, 15) is 5.11 Å². The first kappa shape index (κ1) is 14.7. The van der Waals surface area contributed by atoms with Gasteiger partial charge in [0.1, 0.15) is 0 Å². The van der Waals surface area contributed by atoms with Crippen molar-refractivity contribution in [2.75, 3.05) is 0 Å². The minimum Gasteiger partial charge on any atom is -0.388 e. The third kappa shape index (κ3) is 3.64. The number of halogens is 3. The summed E-state index contributed by atoms with van der Waals surface area (Å²) in [5, 5.41) is 12.0. The van der Waals surface area contributed by atoms with Crippen molar-refractivity contribution in [3.05, 3.63) is 68.2 Å². The van der Waals surface area contributed by atoms with Crippen LogP contribution in [0.2, 0.25) is 15.1 Å². The summed E-state index contributed by atoms with van der Waals surface area (Å²) in [7, 11) is 0. The van der Waals surface area contributed by atoms with Crippen LogP contribution in [0.5, 0.6) is 0 Å². The van der Waals surface area contributed by atoms with E-state index in [4.69, 9.17) is 34.8 Å². The van der Waals surface area contributed by atoms with Crippen LogP contribution in [0, 0.1) is 6.92 Å². The van der Waals surface area contributed by atoms with E-state index >= 15 is 0 Å². The molecule has 0 spiro atoms. The predicted molar refractivity (Wildman–Crippen MR) is 81.3 cm³/mol. The van der Waals surface area contributed by atoms with E-state index in [1.54, 1.807) is 18.2 Å². The lowest BCUT2D eigenvalue weighted by atomic mass is 10.0. The maximum absolute atomic E-state index is 10.3. The lowest BCUT2D eigenvalue weighted by Gasteiger charge is -2.14. The molecule has 19 heavy (non-hydrogen) atoms. The molecular formula is C15H13Cl3O. The molecular weight excluding hydrogens is 303 g/mol. The molecule has 1 nitrogen and oxygen atoms in total. The average Bonchev–Trinajstić information content (AvgIpc) is 2.33. The highest BCUT2D eigenvalue weighted by molar-refractivity contribution is 6.33. The summed E-state index contributed by atoms with van der Waals surface area (Å²) in [5.41, 5.74) is 2.56. The smallest absolute Gasteiger partial charge is 0.0845 e. The minimum absolute atomic E-state index is 0.377. The Labute approximate surface area is 127 Å². The van der Waals surface area contributed by atoms with Crippen LogP contribution in [0.3, 0.4) is 0 Å². The Morgan fingerprint density at radius 2 is 1.74 bits per heavy atom. The number of aliphatic hydroxyl groups excluding tert-OH is 1. The molecule has 1 N–H and O–H groups in total. The van der Waals surface area contributed by atoms with E-state index in [1.165, 1.54) is 0 Å². The number of hydrogen-bond acceptors (Lipinski definition) is 1. The lowest BCUT2D eigenvalue weighted by Crippen LogP contribution is -2.03. The van der Waals surface area contributed by atoms with Crippen molar-refractivity contribution in [2.24, 2.45) is 0 Å². The zero-order chi connectivity index (χ0) is 14.0. The van der Waals surface area contributed by atoms with E-state index in [2.05, 4.69) is 0 Å². The van der Waals surface area contributed by atoms with Crippen molar-refractivity contribution in [3.8, 4) is 0 Å². The van der Waals surface area contributed by atoms with Crippen LogP contribution in [-0.4, -0.2) is 5.11 Å². The van der Waals surface area contributed by atoms with Gasteiger partial charge in [-0.3, -0.25) is 0 Å². The number of aryl methyl sites for hydroxylation is 1. The zero-order valence-corrected chi connectivity index (χ0v) is 12.6. The summed E-state index contributed by atoms with van der Waals surface area (Å²) >= 11 is 18.2. The second-order valence-electron chi connectivity index (χ2n) is 4.48. The standard InChI is InChI=1S/C15H13Cl3O/c1-9-2-4-12(14(18)6-9)15(19)8-10-7-11(16)3-5-13(10)17/h2-7,15,19H,8H2,1H3. The van der Waals surface area contributed by atoms with Crippen LogP contribution in [0.1, 0.15) is 22.8 Å². The van der Waals surface area contributed by atoms with Gasteiger partial charge >= 0.3 is 0 Å². The van der Waals surface area contributed by atoms with Gasteiger partial charge in [0.05, 0.1) is 6.10 Å². The zero-order valence-electron chi connectivity index (χ0n) is 10.3. The molecule has 0 saturated heterocycles. The first-order chi connectivity index (χ1) is 8.97. The Bertz CT molecular complexity index is 596. The fourth-order valence-corrected chi connectivity index (χ4v) is 2.67. The van der Waals surface area contributed by atoms with Gasteiger partial charge in [-0.15, -0.1) is 0 Å². The molecule has 0 heterocycles. The second kappa shape index (κ2) is 6.15. The lowest BCUT2D eigenvalue weighted by molar-refractivity contribution is 0.178. The quantitative estimate of drug-likeness (QED) is 0.822. The second-order valence-corrected chi connectivity index (χ2v) is 5.73. The minimum atomic E-state index is -0.705. The van der Waals surface area contributed by atoms with Gasteiger partial charge in [-0.05, 0) is 47.9 Å². The van der Waals surface area contributed by atoms with E-state index in [0.717, 1.165) is 11.1 Å². The first-order valence-electron chi connectivity index (χ1n) is 5.85. The Morgan fingerprint density at radius 1 is 1.00 bits per heavy atom. The van der Waals surface area contributed by atoms with Gasteiger partial charge in [0.25, 0.3) is 0 Å². The van der Waals surface area contributed by atoms with E-state index in [0.29, 0.717) is 27.1 Å². The molecule has 100 valence electrons. The molecule has 4 heteroatoms. The molecule has 0 bridgehead atoms. The summed E-state index contributed by atoms with van der Waals surface area (Å²) in [4.78, 5) is 0. The normalized spacial score (nSPS) is 12.5. The summed E-state index contributed by atoms with van der Waals surface area (Å²) in [6.45, 7) is 1.95. The fraction of sp³-hybridized carbons (Fsp3) is 0.200. The average molecular weight is 316 g/mol. The van der Waals surface area contributed by atoms with E-state index in [-0.39, 0.29) is 0 Å². The monoisotopic (exact) mass is 314 g/mol. The van der Waals surface area contributed by atoms with Gasteiger partial charge in [0.15, 0.2) is 0 Å². The highest BCUT2D eigenvalue weighted by Crippen LogP contribution is 2.30. The van der Waals surface area contributed by atoms with Crippen LogP contribution < -0.4 is 0 Å². The van der Waals surface area contributed by atoms with E-state index in [1.807, 2.05) is 25.1 Å². The molecule has 2 rings (SSSR count). The van der Waals surface area contributed by atoms with Gasteiger partial charge in [-0.1, -0.05) is 46.9 Å². The third-order valence-electron chi connectivity index (χ3n) is 2.94. The summed E-state index contributed by atoms with van der Waals surface area (Å²) in [6.07, 6.45) is -0.327. The summed E-state index contributed by atoms with van der Waals surface area (Å²) < 4.78 is 0.